The van der Waals surface area contributed by atoms with Gasteiger partial charge in [0.2, 0.25) is 11.8 Å². The van der Waals surface area contributed by atoms with Crippen molar-refractivity contribution in [1.29, 1.82) is 0 Å². The fraction of sp³-hybridized carbons (Fsp3) is 0.471. The Labute approximate surface area is 150 Å². The molecular formula is C17H20ClN3O4. The van der Waals surface area contributed by atoms with Crippen LogP contribution in [0.2, 0.25) is 5.02 Å². The number of urea groups is 1. The third-order valence-electron chi connectivity index (χ3n) is 4.37. The van der Waals surface area contributed by atoms with Gasteiger partial charge < -0.3 is 15.0 Å². The minimum Gasteiger partial charge on any atom is -0.490 e. The highest BCUT2D eigenvalue weighted by Crippen LogP contribution is 2.22. The highest BCUT2D eigenvalue weighted by atomic mass is 35.5. The van der Waals surface area contributed by atoms with Crippen LogP contribution in [0.1, 0.15) is 25.7 Å². The number of carbonyl (C=O) groups excluding carboxylic acids is 3. The standard InChI is InChI=1S/C17H20ClN3O4/c18-11-2-1-3-13(10-11)25-12-6-8-21(9-7-12)16(23)14-4-5-15(22)20-17(24)19-14/h1-3,10,12,14H,4-9H2,(H2,19,20,22,24)/t14-/m1/s1. The van der Waals surface area contributed by atoms with Crippen molar-refractivity contribution in [2.45, 2.75) is 37.8 Å². The van der Waals surface area contributed by atoms with Crippen LogP contribution in [0.4, 0.5) is 4.79 Å². The molecule has 7 nitrogen and oxygen atoms in total. The topological polar surface area (TPSA) is 87.7 Å². The van der Waals surface area contributed by atoms with Crippen molar-refractivity contribution in [3.8, 4) is 5.75 Å². The van der Waals surface area contributed by atoms with Gasteiger partial charge in [0.25, 0.3) is 0 Å². The van der Waals surface area contributed by atoms with Gasteiger partial charge >= 0.3 is 6.03 Å². The first-order valence-electron chi connectivity index (χ1n) is 8.32. The molecule has 1 aromatic rings. The number of likely N-dealkylation sites (tertiary alicyclic amines) is 1. The molecule has 25 heavy (non-hydrogen) atoms. The van der Waals surface area contributed by atoms with Crippen LogP contribution in [0, 0.1) is 0 Å². The van der Waals surface area contributed by atoms with Gasteiger partial charge in [-0.2, -0.15) is 0 Å². The van der Waals surface area contributed by atoms with Crippen LogP contribution in [-0.4, -0.2) is 48.0 Å². The second kappa shape index (κ2) is 7.74. The molecule has 0 aliphatic carbocycles. The zero-order valence-electron chi connectivity index (χ0n) is 13.7. The number of rotatable bonds is 3. The van der Waals surface area contributed by atoms with E-state index < -0.39 is 12.1 Å². The van der Waals surface area contributed by atoms with Gasteiger partial charge in [-0.25, -0.2) is 4.79 Å². The molecule has 4 amide bonds. The molecule has 0 saturated carbocycles. The molecule has 0 unspecified atom stereocenters. The predicted octanol–water partition coefficient (Wildman–Crippen LogP) is 1.70. The second-order valence-electron chi connectivity index (χ2n) is 6.21. The number of hydrogen-bond donors (Lipinski definition) is 2. The molecule has 8 heteroatoms. The second-order valence-corrected chi connectivity index (χ2v) is 6.65. The van der Waals surface area contributed by atoms with Crippen LogP contribution in [0.15, 0.2) is 24.3 Å². The van der Waals surface area contributed by atoms with Crippen molar-refractivity contribution >= 4 is 29.4 Å². The summed E-state index contributed by atoms with van der Waals surface area (Å²) in [5.41, 5.74) is 0. The Bertz CT molecular complexity index is 674. The molecule has 1 aromatic carbocycles. The Morgan fingerprint density at radius 1 is 1.20 bits per heavy atom. The molecule has 2 saturated heterocycles. The maximum absolute atomic E-state index is 12.6. The normalized spacial score (nSPS) is 22.0. The first-order valence-corrected chi connectivity index (χ1v) is 8.70. The molecule has 2 heterocycles. The van der Waals surface area contributed by atoms with Gasteiger partial charge in [-0.3, -0.25) is 14.9 Å². The Balaban J connectivity index is 1.52. The Kier molecular flexibility index (Phi) is 5.43. The Morgan fingerprint density at radius 2 is 1.96 bits per heavy atom. The van der Waals surface area contributed by atoms with Crippen molar-refractivity contribution in [1.82, 2.24) is 15.5 Å². The van der Waals surface area contributed by atoms with Gasteiger partial charge in [0.1, 0.15) is 17.9 Å². The summed E-state index contributed by atoms with van der Waals surface area (Å²) >= 11 is 5.95. The highest BCUT2D eigenvalue weighted by Gasteiger charge is 2.32. The zero-order valence-corrected chi connectivity index (χ0v) is 14.4. The third kappa shape index (κ3) is 4.63. The van der Waals surface area contributed by atoms with Gasteiger partial charge in [-0.15, -0.1) is 0 Å². The van der Waals surface area contributed by atoms with Crippen molar-refractivity contribution in [2.24, 2.45) is 0 Å². The highest BCUT2D eigenvalue weighted by molar-refractivity contribution is 6.30. The summed E-state index contributed by atoms with van der Waals surface area (Å²) in [5.74, 6) is 0.213. The summed E-state index contributed by atoms with van der Waals surface area (Å²) in [6.07, 6.45) is 1.90. The van der Waals surface area contributed by atoms with E-state index in [-0.39, 0.29) is 24.3 Å². The zero-order chi connectivity index (χ0) is 17.8. The summed E-state index contributed by atoms with van der Waals surface area (Å²) < 4.78 is 5.91. The van der Waals surface area contributed by atoms with E-state index in [4.69, 9.17) is 16.3 Å². The van der Waals surface area contributed by atoms with Crippen LogP contribution in [0.25, 0.3) is 0 Å². The lowest BCUT2D eigenvalue weighted by atomic mass is 10.0. The molecule has 2 N–H and O–H groups in total. The molecule has 1 atom stereocenters. The fourth-order valence-electron chi connectivity index (χ4n) is 3.06. The molecule has 3 rings (SSSR count). The number of piperidine rings is 1. The van der Waals surface area contributed by atoms with E-state index >= 15 is 0 Å². The van der Waals surface area contributed by atoms with Crippen molar-refractivity contribution in [3.05, 3.63) is 29.3 Å². The van der Waals surface area contributed by atoms with Crippen LogP contribution in [0.5, 0.6) is 5.75 Å². The van der Waals surface area contributed by atoms with E-state index in [1.54, 1.807) is 17.0 Å². The molecular weight excluding hydrogens is 346 g/mol. The number of ether oxygens (including phenoxy) is 1. The molecule has 0 aromatic heterocycles. The van der Waals surface area contributed by atoms with Gasteiger partial charge in [0.05, 0.1) is 0 Å². The monoisotopic (exact) mass is 365 g/mol. The smallest absolute Gasteiger partial charge is 0.322 e. The summed E-state index contributed by atoms with van der Waals surface area (Å²) in [7, 11) is 0. The largest absolute Gasteiger partial charge is 0.490 e. The predicted molar refractivity (Wildman–Crippen MR) is 91.4 cm³/mol. The Hall–Kier alpha value is -2.28. The molecule has 0 bridgehead atoms. The van der Waals surface area contributed by atoms with E-state index in [1.165, 1.54) is 0 Å². The molecule has 134 valence electrons. The lowest BCUT2D eigenvalue weighted by Crippen LogP contribution is -2.52. The maximum Gasteiger partial charge on any atom is 0.322 e. The summed E-state index contributed by atoms with van der Waals surface area (Å²) in [6, 6.07) is 5.98. The van der Waals surface area contributed by atoms with Gasteiger partial charge in [0.15, 0.2) is 0 Å². The minimum atomic E-state index is -0.656. The number of nitrogens with one attached hydrogen (secondary N) is 2. The van der Waals surface area contributed by atoms with Crippen molar-refractivity contribution in [2.75, 3.05) is 13.1 Å². The van der Waals surface area contributed by atoms with E-state index in [1.807, 2.05) is 12.1 Å². The number of imide groups is 1. The number of amides is 4. The molecule has 2 aliphatic heterocycles. The lowest BCUT2D eigenvalue weighted by Gasteiger charge is -2.34. The Morgan fingerprint density at radius 3 is 2.68 bits per heavy atom. The van der Waals surface area contributed by atoms with Gasteiger partial charge in [0, 0.05) is 37.4 Å². The first kappa shape index (κ1) is 17.5. The number of hydrogen-bond acceptors (Lipinski definition) is 4. The molecule has 2 aliphatic rings. The summed E-state index contributed by atoms with van der Waals surface area (Å²) in [5, 5.41) is 5.36. The molecule has 0 spiro atoms. The lowest BCUT2D eigenvalue weighted by molar-refractivity contribution is -0.135. The average Bonchev–Trinajstić information content (AvgIpc) is 2.75. The average molecular weight is 366 g/mol. The van der Waals surface area contributed by atoms with E-state index in [2.05, 4.69) is 10.6 Å². The van der Waals surface area contributed by atoms with E-state index in [0.29, 0.717) is 37.4 Å². The summed E-state index contributed by atoms with van der Waals surface area (Å²) in [4.78, 5) is 37.2. The van der Waals surface area contributed by atoms with E-state index in [9.17, 15) is 14.4 Å². The number of nitrogens with zero attached hydrogens (tertiary/aromatic N) is 1. The van der Waals surface area contributed by atoms with Crippen LogP contribution >= 0.6 is 11.6 Å². The van der Waals surface area contributed by atoms with Crippen LogP contribution in [-0.2, 0) is 9.59 Å². The van der Waals surface area contributed by atoms with Crippen molar-refractivity contribution < 1.29 is 19.1 Å². The minimum absolute atomic E-state index is 0.0227. The van der Waals surface area contributed by atoms with Crippen molar-refractivity contribution in [3.63, 3.8) is 0 Å². The van der Waals surface area contributed by atoms with Crippen LogP contribution in [0.3, 0.4) is 0 Å². The number of halogens is 1. The van der Waals surface area contributed by atoms with E-state index in [0.717, 1.165) is 5.75 Å². The SMILES string of the molecule is O=C1CC[C@H](C(=O)N2CCC(Oc3cccc(Cl)c3)CC2)NC(=O)N1. The van der Waals surface area contributed by atoms with Gasteiger partial charge in [-0.05, 0) is 24.6 Å². The number of benzene rings is 1. The fourth-order valence-corrected chi connectivity index (χ4v) is 3.24. The van der Waals surface area contributed by atoms with Crippen LogP contribution < -0.4 is 15.4 Å². The third-order valence-corrected chi connectivity index (χ3v) is 4.60. The number of carbonyl (C=O) groups is 3. The quantitative estimate of drug-likeness (QED) is 0.853. The van der Waals surface area contributed by atoms with Gasteiger partial charge in [-0.1, -0.05) is 17.7 Å². The molecule has 2 fully saturated rings. The summed E-state index contributed by atoms with van der Waals surface area (Å²) in [6.45, 7) is 1.11. The molecule has 0 radical (unpaired) electrons. The first-order chi connectivity index (χ1) is 12.0. The maximum atomic E-state index is 12.6.